The van der Waals surface area contributed by atoms with Gasteiger partial charge in [-0.25, -0.2) is 0 Å². The molecule has 0 aromatic rings. The van der Waals surface area contributed by atoms with Crippen LogP contribution in [0.15, 0.2) is 0 Å². The molecule has 1 nitrogen and oxygen atoms in total. The molecule has 0 aliphatic heterocycles. The van der Waals surface area contributed by atoms with Crippen molar-refractivity contribution in [2.75, 3.05) is 0 Å². The van der Waals surface area contributed by atoms with Gasteiger partial charge in [0.2, 0.25) is 0 Å². The van der Waals surface area contributed by atoms with Gasteiger partial charge in [0.15, 0.2) is 6.10 Å². The van der Waals surface area contributed by atoms with Crippen LogP contribution < -0.4 is 0 Å². The van der Waals surface area contributed by atoms with Gasteiger partial charge in [0.25, 0.3) is 0 Å². The van der Waals surface area contributed by atoms with Crippen LogP contribution in [0.2, 0.25) is 0 Å². The topological polar surface area (TPSA) is 20.2 Å². The maximum absolute atomic E-state index is 11.9. The summed E-state index contributed by atoms with van der Waals surface area (Å²) in [5, 5.41) is 8.75. The monoisotopic (exact) mass is 296 g/mol. The lowest BCUT2D eigenvalue weighted by molar-refractivity contribution is -0.202. The highest BCUT2D eigenvalue weighted by atomic mass is 127. The third kappa shape index (κ3) is 4.49. The Bertz CT molecular complexity index is 126. The van der Waals surface area contributed by atoms with E-state index in [4.69, 9.17) is 5.11 Å². The van der Waals surface area contributed by atoms with E-state index in [-0.39, 0.29) is 0 Å². The first-order valence-electron chi connectivity index (χ1n) is 3.78. The van der Waals surface area contributed by atoms with Crippen LogP contribution in [0.3, 0.4) is 0 Å². The van der Waals surface area contributed by atoms with E-state index < -0.39 is 16.2 Å². The number of rotatable bonds is 4. The Kier molecular flexibility index (Phi) is 5.47. The van der Waals surface area contributed by atoms with Gasteiger partial charge < -0.3 is 5.11 Å². The van der Waals surface area contributed by atoms with Gasteiger partial charge in [-0.05, 0) is 6.42 Å². The van der Waals surface area contributed by atoms with E-state index >= 15 is 0 Å². The number of hydrogen-bond acceptors (Lipinski definition) is 1. The summed E-state index contributed by atoms with van der Waals surface area (Å²) < 4.78 is 34.9. The zero-order valence-electron chi connectivity index (χ0n) is 6.74. The van der Waals surface area contributed by atoms with Gasteiger partial charge in [-0.15, -0.1) is 0 Å². The summed E-state index contributed by atoms with van der Waals surface area (Å²) in [4.78, 5) is 0. The quantitative estimate of drug-likeness (QED) is 0.625. The van der Waals surface area contributed by atoms with E-state index in [1.807, 2.05) is 6.92 Å². The zero-order chi connectivity index (χ0) is 9.78. The predicted octanol–water partition coefficient (Wildman–Crippen LogP) is 2.90. The second kappa shape index (κ2) is 5.26. The number of halogens is 4. The first-order valence-corrected chi connectivity index (χ1v) is 5.03. The summed E-state index contributed by atoms with van der Waals surface area (Å²) in [6.07, 6.45) is -4.66. The van der Waals surface area contributed by atoms with Crippen molar-refractivity contribution in [3.05, 3.63) is 0 Å². The van der Waals surface area contributed by atoms with Crippen LogP contribution in [0.25, 0.3) is 0 Å². The molecule has 5 heteroatoms. The lowest BCUT2D eigenvalue weighted by Crippen LogP contribution is -2.36. The largest absolute Gasteiger partial charge is 0.415 e. The van der Waals surface area contributed by atoms with Crippen LogP contribution in [0.4, 0.5) is 13.2 Å². The van der Waals surface area contributed by atoms with E-state index in [9.17, 15) is 13.2 Å². The molecule has 0 amide bonds. The van der Waals surface area contributed by atoms with Gasteiger partial charge in [-0.2, -0.15) is 13.2 Å². The highest BCUT2D eigenvalue weighted by Gasteiger charge is 2.42. The Hall–Kier alpha value is 0.480. The van der Waals surface area contributed by atoms with Crippen LogP contribution >= 0.6 is 22.6 Å². The molecule has 74 valence electrons. The number of hydrogen-bond donors (Lipinski definition) is 1. The SMILES string of the molecule is CCCC[C@@H](I)[C@@H](O)C(F)(F)F. The van der Waals surface area contributed by atoms with E-state index in [1.54, 1.807) is 22.6 Å². The van der Waals surface area contributed by atoms with Crippen LogP contribution in [0.1, 0.15) is 26.2 Å². The minimum Gasteiger partial charge on any atom is -0.383 e. The summed E-state index contributed by atoms with van der Waals surface area (Å²) in [5.74, 6) is 0. The average molecular weight is 296 g/mol. The van der Waals surface area contributed by atoms with Crippen LogP contribution in [-0.4, -0.2) is 21.3 Å². The molecule has 1 N–H and O–H groups in total. The molecular formula is C7H12F3IO. The Labute approximate surface area is 83.5 Å². The molecule has 0 aromatic carbocycles. The summed E-state index contributed by atoms with van der Waals surface area (Å²) in [5.41, 5.74) is 0. The maximum atomic E-state index is 11.9. The second-order valence-corrected chi connectivity index (χ2v) is 4.24. The van der Waals surface area contributed by atoms with Gasteiger partial charge in [0.1, 0.15) is 0 Å². The molecule has 0 spiro atoms. The fourth-order valence-corrected chi connectivity index (χ4v) is 1.61. The van der Waals surface area contributed by atoms with Crippen LogP contribution in [0, 0.1) is 0 Å². The second-order valence-electron chi connectivity index (χ2n) is 2.64. The molecule has 0 saturated carbocycles. The normalized spacial score (nSPS) is 17.5. The Balaban J connectivity index is 3.84. The molecule has 12 heavy (non-hydrogen) atoms. The summed E-state index contributed by atoms with van der Waals surface area (Å²) >= 11 is 1.65. The van der Waals surface area contributed by atoms with Crippen molar-refractivity contribution in [1.82, 2.24) is 0 Å². The first kappa shape index (κ1) is 12.5. The molecule has 0 rings (SSSR count). The maximum Gasteiger partial charge on any atom is 0.415 e. The standard InChI is InChI=1S/C7H12F3IO/c1-2-3-4-5(11)6(12)7(8,9)10/h5-6,12H,2-4H2,1H3/t5-,6-/m1/s1. The molecule has 0 radical (unpaired) electrons. The predicted molar refractivity (Wildman–Crippen MR) is 49.4 cm³/mol. The molecule has 0 aromatic heterocycles. The number of unbranched alkanes of at least 4 members (excludes halogenated alkanes) is 1. The molecule has 0 bridgehead atoms. The lowest BCUT2D eigenvalue weighted by Gasteiger charge is -2.19. The smallest absolute Gasteiger partial charge is 0.383 e. The molecule has 0 unspecified atom stereocenters. The fourth-order valence-electron chi connectivity index (χ4n) is 0.762. The molecule has 0 aliphatic carbocycles. The van der Waals surface area contributed by atoms with Gasteiger partial charge in [0, 0.05) is 3.92 Å². The Morgan fingerprint density at radius 1 is 1.42 bits per heavy atom. The van der Waals surface area contributed by atoms with E-state index in [1.165, 1.54) is 0 Å². The Morgan fingerprint density at radius 2 is 1.92 bits per heavy atom. The van der Waals surface area contributed by atoms with E-state index in [2.05, 4.69) is 0 Å². The molecule has 2 atom stereocenters. The minimum absolute atomic E-state index is 0.414. The third-order valence-corrected chi connectivity index (χ3v) is 2.82. The van der Waals surface area contributed by atoms with Gasteiger partial charge >= 0.3 is 6.18 Å². The van der Waals surface area contributed by atoms with Gasteiger partial charge in [0.05, 0.1) is 0 Å². The number of aliphatic hydroxyl groups is 1. The minimum atomic E-state index is -4.47. The zero-order valence-corrected chi connectivity index (χ0v) is 8.89. The molecule has 0 fully saturated rings. The van der Waals surface area contributed by atoms with Crippen molar-refractivity contribution in [3.8, 4) is 0 Å². The number of alkyl halides is 4. The van der Waals surface area contributed by atoms with E-state index in [0.29, 0.717) is 6.42 Å². The lowest BCUT2D eigenvalue weighted by atomic mass is 10.1. The summed E-state index contributed by atoms with van der Waals surface area (Å²) in [7, 11) is 0. The van der Waals surface area contributed by atoms with Crippen molar-refractivity contribution >= 4 is 22.6 Å². The number of aliphatic hydroxyl groups excluding tert-OH is 1. The highest BCUT2D eigenvalue weighted by molar-refractivity contribution is 14.1. The average Bonchev–Trinajstić information content (AvgIpc) is 1.97. The van der Waals surface area contributed by atoms with Gasteiger partial charge in [-0.3, -0.25) is 0 Å². The third-order valence-electron chi connectivity index (χ3n) is 1.51. The van der Waals surface area contributed by atoms with Crippen molar-refractivity contribution in [2.24, 2.45) is 0 Å². The Morgan fingerprint density at radius 3 is 2.25 bits per heavy atom. The summed E-state index contributed by atoms with van der Waals surface area (Å²) in [6, 6.07) is 0. The molecule has 0 saturated heterocycles. The fraction of sp³-hybridized carbons (Fsp3) is 1.00. The van der Waals surface area contributed by atoms with Crippen molar-refractivity contribution in [2.45, 2.75) is 42.4 Å². The van der Waals surface area contributed by atoms with Gasteiger partial charge in [-0.1, -0.05) is 42.4 Å². The molecule has 0 heterocycles. The first-order chi connectivity index (χ1) is 5.39. The van der Waals surface area contributed by atoms with E-state index in [0.717, 1.165) is 12.8 Å². The van der Waals surface area contributed by atoms with Crippen LogP contribution in [0.5, 0.6) is 0 Å². The van der Waals surface area contributed by atoms with Crippen molar-refractivity contribution < 1.29 is 18.3 Å². The summed E-state index contributed by atoms with van der Waals surface area (Å²) in [6.45, 7) is 1.91. The highest BCUT2D eigenvalue weighted by Crippen LogP contribution is 2.28. The molecule has 0 aliphatic rings. The van der Waals surface area contributed by atoms with Crippen LogP contribution in [-0.2, 0) is 0 Å². The molecular weight excluding hydrogens is 284 g/mol. The van der Waals surface area contributed by atoms with Crippen molar-refractivity contribution in [1.29, 1.82) is 0 Å². The van der Waals surface area contributed by atoms with Crippen molar-refractivity contribution in [3.63, 3.8) is 0 Å².